The molecular formula is C11H20N2O3. The number of hydrazine groups is 1. The SMILES string of the molecule is O=C(O)CCCCC(=O)NN1CCCCC1. The maximum atomic E-state index is 11.5. The number of nitrogens with one attached hydrogen (secondary N) is 1. The molecule has 16 heavy (non-hydrogen) atoms. The van der Waals surface area contributed by atoms with Crippen LogP contribution < -0.4 is 5.43 Å². The third-order valence-electron chi connectivity index (χ3n) is 2.68. The second-order valence-corrected chi connectivity index (χ2v) is 4.18. The minimum Gasteiger partial charge on any atom is -0.481 e. The highest BCUT2D eigenvalue weighted by Gasteiger charge is 2.12. The molecule has 5 heteroatoms. The Hall–Kier alpha value is -1.10. The van der Waals surface area contributed by atoms with Crippen LogP contribution in [0.2, 0.25) is 0 Å². The van der Waals surface area contributed by atoms with E-state index in [4.69, 9.17) is 5.11 Å². The number of unbranched alkanes of at least 4 members (excludes halogenated alkanes) is 1. The number of carboxylic acid groups (broad SMARTS) is 1. The number of carboxylic acids is 1. The number of hydrogen-bond acceptors (Lipinski definition) is 3. The first-order valence-corrected chi connectivity index (χ1v) is 5.95. The summed E-state index contributed by atoms with van der Waals surface area (Å²) in [5.41, 5.74) is 2.85. The number of carbonyl (C=O) groups excluding carboxylic acids is 1. The summed E-state index contributed by atoms with van der Waals surface area (Å²) in [5.74, 6) is -0.788. The van der Waals surface area contributed by atoms with Crippen molar-refractivity contribution < 1.29 is 14.7 Å². The van der Waals surface area contributed by atoms with Gasteiger partial charge in [-0.2, -0.15) is 0 Å². The van der Waals surface area contributed by atoms with Crippen molar-refractivity contribution in [2.45, 2.75) is 44.9 Å². The average molecular weight is 228 g/mol. The predicted octanol–water partition coefficient (Wildman–Crippen LogP) is 1.15. The molecule has 0 radical (unpaired) electrons. The molecule has 1 saturated heterocycles. The van der Waals surface area contributed by atoms with E-state index in [1.807, 2.05) is 5.01 Å². The molecule has 1 amide bonds. The molecule has 0 bridgehead atoms. The molecule has 1 aliphatic heterocycles. The predicted molar refractivity (Wildman–Crippen MR) is 59.7 cm³/mol. The van der Waals surface area contributed by atoms with Crippen molar-refractivity contribution >= 4 is 11.9 Å². The van der Waals surface area contributed by atoms with E-state index in [9.17, 15) is 9.59 Å². The van der Waals surface area contributed by atoms with Crippen LogP contribution in [0, 0.1) is 0 Å². The van der Waals surface area contributed by atoms with Crippen molar-refractivity contribution in [2.24, 2.45) is 0 Å². The van der Waals surface area contributed by atoms with Crippen LogP contribution in [0.3, 0.4) is 0 Å². The quantitative estimate of drug-likeness (QED) is 0.669. The van der Waals surface area contributed by atoms with Crippen molar-refractivity contribution in [1.29, 1.82) is 0 Å². The van der Waals surface area contributed by atoms with Crippen LogP contribution in [0.4, 0.5) is 0 Å². The first-order chi connectivity index (χ1) is 7.68. The standard InChI is InChI=1S/C11H20N2O3/c14-10(6-2-3-7-11(15)16)12-13-8-4-1-5-9-13/h1-9H2,(H,12,14)(H,15,16). The van der Waals surface area contributed by atoms with Crippen LogP contribution in [0.15, 0.2) is 0 Å². The van der Waals surface area contributed by atoms with Gasteiger partial charge in [0.05, 0.1) is 0 Å². The Kier molecular flexibility index (Phi) is 5.85. The van der Waals surface area contributed by atoms with Gasteiger partial charge in [0.2, 0.25) is 5.91 Å². The second-order valence-electron chi connectivity index (χ2n) is 4.18. The van der Waals surface area contributed by atoms with Gasteiger partial charge in [-0.05, 0) is 25.7 Å². The Labute approximate surface area is 95.8 Å². The summed E-state index contributed by atoms with van der Waals surface area (Å²) in [7, 11) is 0. The molecule has 0 unspecified atom stereocenters. The van der Waals surface area contributed by atoms with E-state index in [1.54, 1.807) is 0 Å². The molecule has 2 N–H and O–H groups in total. The van der Waals surface area contributed by atoms with Gasteiger partial charge in [0.1, 0.15) is 0 Å². The van der Waals surface area contributed by atoms with Gasteiger partial charge in [-0.25, -0.2) is 5.01 Å². The molecule has 92 valence electrons. The molecule has 0 saturated carbocycles. The van der Waals surface area contributed by atoms with Gasteiger partial charge < -0.3 is 5.11 Å². The highest BCUT2D eigenvalue weighted by atomic mass is 16.4. The highest BCUT2D eigenvalue weighted by Crippen LogP contribution is 2.06. The Morgan fingerprint density at radius 3 is 2.31 bits per heavy atom. The molecular weight excluding hydrogens is 208 g/mol. The van der Waals surface area contributed by atoms with Crippen LogP contribution >= 0.6 is 0 Å². The van der Waals surface area contributed by atoms with Crippen molar-refractivity contribution in [2.75, 3.05) is 13.1 Å². The van der Waals surface area contributed by atoms with Gasteiger partial charge >= 0.3 is 5.97 Å². The summed E-state index contributed by atoms with van der Waals surface area (Å²) in [4.78, 5) is 21.7. The zero-order chi connectivity index (χ0) is 11.8. The van der Waals surface area contributed by atoms with Crippen molar-refractivity contribution in [3.05, 3.63) is 0 Å². The monoisotopic (exact) mass is 228 g/mol. The number of amides is 1. The van der Waals surface area contributed by atoms with E-state index in [2.05, 4.69) is 5.43 Å². The summed E-state index contributed by atoms with van der Waals surface area (Å²) in [5, 5.41) is 10.4. The van der Waals surface area contributed by atoms with Gasteiger partial charge in [-0.15, -0.1) is 0 Å². The maximum Gasteiger partial charge on any atom is 0.303 e. The molecule has 1 fully saturated rings. The fraction of sp³-hybridized carbons (Fsp3) is 0.818. The molecule has 0 atom stereocenters. The van der Waals surface area contributed by atoms with Gasteiger partial charge in [0.25, 0.3) is 0 Å². The van der Waals surface area contributed by atoms with Crippen LogP contribution in [0.25, 0.3) is 0 Å². The van der Waals surface area contributed by atoms with E-state index in [0.717, 1.165) is 25.9 Å². The number of rotatable bonds is 6. The van der Waals surface area contributed by atoms with Gasteiger partial charge in [-0.3, -0.25) is 15.0 Å². The zero-order valence-electron chi connectivity index (χ0n) is 9.57. The fourth-order valence-electron chi connectivity index (χ4n) is 1.80. The lowest BCUT2D eigenvalue weighted by Gasteiger charge is -2.26. The lowest BCUT2D eigenvalue weighted by atomic mass is 10.1. The lowest BCUT2D eigenvalue weighted by Crippen LogP contribution is -2.44. The topological polar surface area (TPSA) is 69.6 Å². The molecule has 0 spiro atoms. The minimum atomic E-state index is -0.795. The first-order valence-electron chi connectivity index (χ1n) is 5.95. The third-order valence-corrected chi connectivity index (χ3v) is 2.68. The van der Waals surface area contributed by atoms with Crippen LogP contribution in [0.5, 0.6) is 0 Å². The van der Waals surface area contributed by atoms with Crippen molar-refractivity contribution in [1.82, 2.24) is 10.4 Å². The summed E-state index contributed by atoms with van der Waals surface area (Å²) < 4.78 is 0. The Bertz CT molecular complexity index is 237. The minimum absolute atomic E-state index is 0.00675. The number of hydrogen-bond donors (Lipinski definition) is 2. The van der Waals surface area contributed by atoms with Crippen molar-refractivity contribution in [3.63, 3.8) is 0 Å². The van der Waals surface area contributed by atoms with E-state index >= 15 is 0 Å². The average Bonchev–Trinajstić information content (AvgIpc) is 2.25. The maximum absolute atomic E-state index is 11.5. The van der Waals surface area contributed by atoms with E-state index in [1.165, 1.54) is 6.42 Å². The van der Waals surface area contributed by atoms with E-state index in [0.29, 0.717) is 19.3 Å². The smallest absolute Gasteiger partial charge is 0.303 e. The van der Waals surface area contributed by atoms with Crippen LogP contribution in [0.1, 0.15) is 44.9 Å². The van der Waals surface area contributed by atoms with Gasteiger partial charge in [0, 0.05) is 25.9 Å². The zero-order valence-corrected chi connectivity index (χ0v) is 9.57. The number of piperidine rings is 1. The molecule has 1 heterocycles. The molecule has 5 nitrogen and oxygen atoms in total. The molecule has 1 rings (SSSR count). The third kappa shape index (κ3) is 5.70. The highest BCUT2D eigenvalue weighted by molar-refractivity contribution is 5.75. The Morgan fingerprint density at radius 2 is 1.69 bits per heavy atom. The Balaban J connectivity index is 2.03. The van der Waals surface area contributed by atoms with Crippen LogP contribution in [-0.4, -0.2) is 35.1 Å². The number of aliphatic carboxylic acids is 1. The van der Waals surface area contributed by atoms with Crippen molar-refractivity contribution in [3.8, 4) is 0 Å². The summed E-state index contributed by atoms with van der Waals surface area (Å²) >= 11 is 0. The summed E-state index contributed by atoms with van der Waals surface area (Å²) in [6.07, 6.45) is 5.30. The number of carbonyl (C=O) groups is 2. The molecule has 0 aromatic rings. The van der Waals surface area contributed by atoms with Gasteiger partial charge in [-0.1, -0.05) is 6.42 Å². The van der Waals surface area contributed by atoms with Crippen LogP contribution in [-0.2, 0) is 9.59 Å². The van der Waals surface area contributed by atoms with E-state index in [-0.39, 0.29) is 12.3 Å². The lowest BCUT2D eigenvalue weighted by molar-refractivity contribution is -0.137. The molecule has 0 aromatic heterocycles. The normalized spacial score (nSPS) is 17.0. The second kappa shape index (κ2) is 7.22. The molecule has 0 aromatic carbocycles. The molecule has 1 aliphatic rings. The largest absolute Gasteiger partial charge is 0.481 e. The molecule has 0 aliphatic carbocycles. The van der Waals surface area contributed by atoms with E-state index < -0.39 is 5.97 Å². The summed E-state index contributed by atoms with van der Waals surface area (Å²) in [6, 6.07) is 0. The van der Waals surface area contributed by atoms with Gasteiger partial charge in [0.15, 0.2) is 0 Å². The Morgan fingerprint density at radius 1 is 1.06 bits per heavy atom. The summed E-state index contributed by atoms with van der Waals surface area (Å²) in [6.45, 7) is 1.86. The first kappa shape index (κ1) is 13.0. The fourth-order valence-corrected chi connectivity index (χ4v) is 1.80. The number of nitrogens with zero attached hydrogens (tertiary/aromatic N) is 1.